The van der Waals surface area contributed by atoms with Crippen molar-refractivity contribution in [1.29, 1.82) is 0 Å². The van der Waals surface area contributed by atoms with E-state index in [4.69, 9.17) is 11.6 Å². The minimum atomic E-state index is -1.35. The van der Waals surface area contributed by atoms with E-state index in [0.29, 0.717) is 35.7 Å². The Labute approximate surface area is 166 Å². The summed E-state index contributed by atoms with van der Waals surface area (Å²) in [6.45, 7) is 0.426. The molecule has 0 spiro atoms. The van der Waals surface area contributed by atoms with Gasteiger partial charge in [0.1, 0.15) is 6.04 Å². The molecule has 28 heavy (non-hydrogen) atoms. The van der Waals surface area contributed by atoms with Gasteiger partial charge in [0.25, 0.3) is 5.91 Å². The number of anilines is 1. The van der Waals surface area contributed by atoms with Crippen LogP contribution < -0.4 is 5.32 Å². The number of amides is 2. The maximum Gasteiger partial charge on any atom is 0.256 e. The molecule has 8 heteroatoms. The van der Waals surface area contributed by atoms with Gasteiger partial charge in [-0.15, -0.1) is 0 Å². The van der Waals surface area contributed by atoms with Crippen molar-refractivity contribution in [3.05, 3.63) is 59.2 Å². The van der Waals surface area contributed by atoms with Crippen molar-refractivity contribution in [2.45, 2.75) is 25.0 Å². The molecule has 2 atom stereocenters. The Morgan fingerprint density at radius 2 is 2.14 bits per heavy atom. The summed E-state index contributed by atoms with van der Waals surface area (Å²) in [5, 5.41) is 21.5. The maximum atomic E-state index is 12.8. The Balaban J connectivity index is 1.48. The molecular weight excluding hydrogens is 380 g/mol. The number of carbonyl (C=O) groups excluding carboxylic acids is 2. The van der Waals surface area contributed by atoms with Crippen molar-refractivity contribution in [2.75, 3.05) is 11.9 Å². The third-order valence-electron chi connectivity index (χ3n) is 4.94. The number of nitrogens with one attached hydrogen (secondary N) is 2. The first-order chi connectivity index (χ1) is 13.5. The molecule has 3 N–H and O–H groups in total. The van der Waals surface area contributed by atoms with Gasteiger partial charge in [0, 0.05) is 22.6 Å². The third kappa shape index (κ3) is 3.58. The number of aromatic nitrogens is 2. The molecule has 0 unspecified atom stereocenters. The summed E-state index contributed by atoms with van der Waals surface area (Å²) in [5.74, 6) is -0.766. The summed E-state index contributed by atoms with van der Waals surface area (Å²) in [6, 6.07) is 11.3. The fraction of sp³-hybridized carbons (Fsp3) is 0.250. The number of benzene rings is 2. The van der Waals surface area contributed by atoms with Crippen LogP contribution in [0, 0.1) is 0 Å². The van der Waals surface area contributed by atoms with Crippen molar-refractivity contribution in [3.63, 3.8) is 0 Å². The molecule has 0 radical (unpaired) electrons. The highest BCUT2D eigenvalue weighted by Crippen LogP contribution is 2.26. The van der Waals surface area contributed by atoms with Crippen LogP contribution in [-0.4, -0.2) is 44.6 Å². The second-order valence-electron chi connectivity index (χ2n) is 6.81. The number of rotatable bonds is 4. The van der Waals surface area contributed by atoms with Gasteiger partial charge in [-0.3, -0.25) is 14.7 Å². The van der Waals surface area contributed by atoms with Crippen LogP contribution in [0.5, 0.6) is 0 Å². The molecule has 0 saturated carbocycles. The molecule has 0 aliphatic carbocycles. The van der Waals surface area contributed by atoms with Crippen LogP contribution in [0.4, 0.5) is 5.69 Å². The van der Waals surface area contributed by atoms with E-state index in [-0.39, 0.29) is 5.91 Å². The molecule has 144 valence electrons. The number of halogens is 1. The van der Waals surface area contributed by atoms with E-state index in [9.17, 15) is 14.7 Å². The summed E-state index contributed by atoms with van der Waals surface area (Å²) in [5.41, 5.74) is 1.92. The zero-order valence-corrected chi connectivity index (χ0v) is 15.7. The van der Waals surface area contributed by atoms with Gasteiger partial charge in [0.05, 0.1) is 11.7 Å². The minimum absolute atomic E-state index is 0.271. The Morgan fingerprint density at radius 3 is 2.96 bits per heavy atom. The van der Waals surface area contributed by atoms with Crippen molar-refractivity contribution in [1.82, 2.24) is 15.1 Å². The first-order valence-corrected chi connectivity index (χ1v) is 9.39. The summed E-state index contributed by atoms with van der Waals surface area (Å²) in [6.07, 6.45) is 1.58. The van der Waals surface area contributed by atoms with Crippen LogP contribution >= 0.6 is 11.6 Å². The van der Waals surface area contributed by atoms with Crippen LogP contribution in [-0.2, 0) is 9.59 Å². The molecule has 1 fully saturated rings. The fourth-order valence-electron chi connectivity index (χ4n) is 3.53. The predicted octanol–water partition coefficient (Wildman–Crippen LogP) is 2.88. The number of hydrogen-bond donors (Lipinski definition) is 3. The van der Waals surface area contributed by atoms with E-state index in [1.54, 1.807) is 36.5 Å². The quantitative estimate of drug-likeness (QED) is 0.629. The molecule has 2 heterocycles. The average molecular weight is 399 g/mol. The highest BCUT2D eigenvalue weighted by molar-refractivity contribution is 6.30. The monoisotopic (exact) mass is 398 g/mol. The van der Waals surface area contributed by atoms with Crippen molar-refractivity contribution in [2.24, 2.45) is 0 Å². The smallest absolute Gasteiger partial charge is 0.256 e. The van der Waals surface area contributed by atoms with E-state index in [2.05, 4.69) is 15.5 Å². The number of aliphatic hydroxyl groups excluding tert-OH is 1. The lowest BCUT2D eigenvalue weighted by molar-refractivity contribution is -0.144. The normalized spacial score (nSPS) is 17.6. The molecule has 3 aromatic rings. The number of nitrogens with zero attached hydrogens (tertiary/aromatic N) is 2. The molecule has 0 bridgehead atoms. The highest BCUT2D eigenvalue weighted by Gasteiger charge is 2.37. The van der Waals surface area contributed by atoms with Crippen molar-refractivity contribution in [3.8, 4) is 0 Å². The number of likely N-dealkylation sites (tertiary alicyclic amines) is 1. The standard InChI is InChI=1S/C20H19ClN4O3/c21-14-4-1-3-12(9-14)18(26)20(28)25-8-2-5-17(25)19(27)23-15-6-7-16-13(10-15)11-22-24-16/h1,3-4,6-7,9-11,17-18,26H,2,5,8H2,(H,22,24)(H,23,27)/t17-,18+/m0/s1. The number of H-pyrrole nitrogens is 1. The molecule has 1 aliphatic heterocycles. The van der Waals surface area contributed by atoms with Gasteiger partial charge >= 0.3 is 0 Å². The summed E-state index contributed by atoms with van der Waals surface area (Å²) < 4.78 is 0. The van der Waals surface area contributed by atoms with Crippen LogP contribution in [0.2, 0.25) is 5.02 Å². The first kappa shape index (κ1) is 18.5. The predicted molar refractivity (Wildman–Crippen MR) is 106 cm³/mol. The Kier molecular flexibility index (Phi) is 5.02. The number of carbonyl (C=O) groups is 2. The van der Waals surface area contributed by atoms with Gasteiger partial charge in [-0.25, -0.2) is 0 Å². The lowest BCUT2D eigenvalue weighted by Gasteiger charge is -2.26. The summed E-state index contributed by atoms with van der Waals surface area (Å²) in [7, 11) is 0. The SMILES string of the molecule is O=C(Nc1ccc2[nH]ncc2c1)[C@@H]1CCCN1C(=O)[C@H](O)c1cccc(Cl)c1. The third-order valence-corrected chi connectivity index (χ3v) is 5.18. The zero-order chi connectivity index (χ0) is 19.7. The summed E-state index contributed by atoms with van der Waals surface area (Å²) in [4.78, 5) is 27.0. The zero-order valence-electron chi connectivity index (χ0n) is 14.9. The molecule has 1 aliphatic rings. The van der Waals surface area contributed by atoms with E-state index in [1.807, 2.05) is 12.1 Å². The number of aromatic amines is 1. The van der Waals surface area contributed by atoms with Gasteiger partial charge in [-0.2, -0.15) is 5.10 Å². The van der Waals surface area contributed by atoms with Crippen molar-refractivity contribution >= 4 is 40.0 Å². The topological polar surface area (TPSA) is 98.3 Å². The molecular formula is C20H19ClN4O3. The van der Waals surface area contributed by atoms with Gasteiger partial charge in [-0.1, -0.05) is 23.7 Å². The molecule has 1 aromatic heterocycles. The van der Waals surface area contributed by atoms with Crippen LogP contribution in [0.3, 0.4) is 0 Å². The fourth-order valence-corrected chi connectivity index (χ4v) is 3.72. The number of fused-ring (bicyclic) bond motifs is 1. The van der Waals surface area contributed by atoms with Crippen molar-refractivity contribution < 1.29 is 14.7 Å². The molecule has 7 nitrogen and oxygen atoms in total. The van der Waals surface area contributed by atoms with E-state index >= 15 is 0 Å². The summed E-state index contributed by atoms with van der Waals surface area (Å²) >= 11 is 5.95. The molecule has 2 amide bonds. The minimum Gasteiger partial charge on any atom is -0.378 e. The first-order valence-electron chi connectivity index (χ1n) is 9.01. The lowest BCUT2D eigenvalue weighted by atomic mass is 10.1. The number of aliphatic hydroxyl groups is 1. The van der Waals surface area contributed by atoms with E-state index in [1.165, 1.54) is 4.90 Å². The Bertz CT molecular complexity index is 1030. The highest BCUT2D eigenvalue weighted by atomic mass is 35.5. The van der Waals surface area contributed by atoms with Crippen LogP contribution in [0.25, 0.3) is 10.9 Å². The Morgan fingerprint density at radius 1 is 1.29 bits per heavy atom. The maximum absolute atomic E-state index is 12.8. The van der Waals surface area contributed by atoms with Gasteiger partial charge in [0.15, 0.2) is 6.10 Å². The van der Waals surface area contributed by atoms with Crippen LogP contribution in [0.15, 0.2) is 48.7 Å². The second kappa shape index (κ2) is 7.61. The average Bonchev–Trinajstić information content (AvgIpc) is 3.35. The van der Waals surface area contributed by atoms with Gasteiger partial charge in [-0.05, 0) is 48.7 Å². The number of hydrogen-bond acceptors (Lipinski definition) is 4. The van der Waals surface area contributed by atoms with E-state index < -0.39 is 18.1 Å². The van der Waals surface area contributed by atoms with Crippen LogP contribution in [0.1, 0.15) is 24.5 Å². The molecule has 1 saturated heterocycles. The second-order valence-corrected chi connectivity index (χ2v) is 7.24. The van der Waals surface area contributed by atoms with Gasteiger partial charge < -0.3 is 15.3 Å². The Hall–Kier alpha value is -2.90. The molecule has 2 aromatic carbocycles. The van der Waals surface area contributed by atoms with E-state index in [0.717, 1.165) is 10.9 Å². The largest absolute Gasteiger partial charge is 0.378 e. The molecule has 4 rings (SSSR count). The lowest BCUT2D eigenvalue weighted by Crippen LogP contribution is -2.45. The van der Waals surface area contributed by atoms with Gasteiger partial charge in [0.2, 0.25) is 5.91 Å².